The Morgan fingerprint density at radius 1 is 1.20 bits per heavy atom. The van der Waals surface area contributed by atoms with E-state index in [1.807, 2.05) is 32.9 Å². The summed E-state index contributed by atoms with van der Waals surface area (Å²) in [6.07, 6.45) is 0.192. The second kappa shape index (κ2) is 8.20. The lowest BCUT2D eigenvalue weighted by molar-refractivity contribution is -0.137. The van der Waals surface area contributed by atoms with E-state index in [0.29, 0.717) is 17.7 Å². The first kappa shape index (κ1) is 22.0. The number of fused-ring (bicyclic) bond motifs is 1. The molecule has 8 heteroatoms. The number of nitrogens with zero attached hydrogens (tertiary/aromatic N) is 1. The standard InChI is InChI=1S/C22H26N2O5S/c1-13-5-6-14(2)19(9-13)20(12-22(26)27)23-30(28,29)18-7-8-21-17(11-18)10-15(3)24(21)16(4)25/h5-9,11,15,20,23H,10,12H2,1-4H3,(H,26,27). The molecule has 7 nitrogen and oxygen atoms in total. The molecular weight excluding hydrogens is 404 g/mol. The molecule has 0 saturated carbocycles. The Kier molecular flexibility index (Phi) is 6.01. The fourth-order valence-corrected chi connectivity index (χ4v) is 5.30. The lowest BCUT2D eigenvalue weighted by Gasteiger charge is -2.21. The lowest BCUT2D eigenvalue weighted by Crippen LogP contribution is -2.33. The van der Waals surface area contributed by atoms with Gasteiger partial charge in [-0.15, -0.1) is 0 Å². The fraction of sp³-hybridized carbons (Fsp3) is 0.364. The van der Waals surface area contributed by atoms with Crippen LogP contribution < -0.4 is 9.62 Å². The molecule has 2 aromatic rings. The number of rotatable bonds is 6. The molecule has 1 aliphatic rings. The highest BCUT2D eigenvalue weighted by Gasteiger charge is 2.31. The second-order valence-electron chi connectivity index (χ2n) is 7.86. The minimum absolute atomic E-state index is 0.0434. The molecule has 0 bridgehead atoms. The van der Waals surface area contributed by atoms with Crippen LogP contribution in [0.4, 0.5) is 5.69 Å². The van der Waals surface area contributed by atoms with Crippen molar-refractivity contribution in [3.63, 3.8) is 0 Å². The van der Waals surface area contributed by atoms with Crippen molar-refractivity contribution in [1.29, 1.82) is 0 Å². The van der Waals surface area contributed by atoms with Gasteiger partial charge in [-0.3, -0.25) is 9.59 Å². The summed E-state index contributed by atoms with van der Waals surface area (Å²) in [7, 11) is -3.98. The number of carbonyl (C=O) groups excluding carboxylic acids is 1. The zero-order valence-electron chi connectivity index (χ0n) is 17.5. The maximum Gasteiger partial charge on any atom is 0.305 e. The molecule has 3 rings (SSSR count). The Morgan fingerprint density at radius 3 is 2.53 bits per heavy atom. The van der Waals surface area contributed by atoms with Gasteiger partial charge in [0.1, 0.15) is 0 Å². The van der Waals surface area contributed by atoms with Crippen molar-refractivity contribution in [3.8, 4) is 0 Å². The highest BCUT2D eigenvalue weighted by Crippen LogP contribution is 2.34. The Morgan fingerprint density at radius 2 is 1.90 bits per heavy atom. The smallest absolute Gasteiger partial charge is 0.305 e. The first-order valence-corrected chi connectivity index (χ1v) is 11.2. The molecule has 2 unspecified atom stereocenters. The van der Waals surface area contributed by atoms with Crippen LogP contribution in [0.15, 0.2) is 41.3 Å². The summed E-state index contributed by atoms with van der Waals surface area (Å²) in [5, 5.41) is 9.34. The quantitative estimate of drug-likeness (QED) is 0.733. The zero-order chi connectivity index (χ0) is 22.2. The average Bonchev–Trinajstić information content (AvgIpc) is 2.97. The molecule has 0 spiro atoms. The van der Waals surface area contributed by atoms with Crippen LogP contribution in [-0.4, -0.2) is 31.4 Å². The van der Waals surface area contributed by atoms with Crippen molar-refractivity contribution in [2.75, 3.05) is 4.90 Å². The highest BCUT2D eigenvalue weighted by molar-refractivity contribution is 7.89. The van der Waals surface area contributed by atoms with Crippen molar-refractivity contribution in [2.24, 2.45) is 0 Å². The number of carbonyl (C=O) groups is 2. The number of anilines is 1. The number of hydrogen-bond donors (Lipinski definition) is 2. The van der Waals surface area contributed by atoms with Crippen LogP contribution >= 0.6 is 0 Å². The Hall–Kier alpha value is -2.71. The van der Waals surface area contributed by atoms with Gasteiger partial charge in [0.2, 0.25) is 15.9 Å². The molecule has 0 aromatic heterocycles. The van der Waals surface area contributed by atoms with Gasteiger partial charge in [0.15, 0.2) is 0 Å². The summed E-state index contributed by atoms with van der Waals surface area (Å²) < 4.78 is 28.8. The summed E-state index contributed by atoms with van der Waals surface area (Å²) >= 11 is 0. The summed E-state index contributed by atoms with van der Waals surface area (Å²) in [6.45, 7) is 7.10. The molecule has 2 aromatic carbocycles. The van der Waals surface area contributed by atoms with Crippen LogP contribution in [0.3, 0.4) is 0 Å². The van der Waals surface area contributed by atoms with Crippen LogP contribution in [0.1, 0.15) is 48.6 Å². The number of carboxylic acids is 1. The predicted octanol–water partition coefficient (Wildman–Crippen LogP) is 3.10. The van der Waals surface area contributed by atoms with Gasteiger partial charge in [0.05, 0.1) is 17.4 Å². The van der Waals surface area contributed by atoms with Crippen LogP contribution in [0.25, 0.3) is 0 Å². The van der Waals surface area contributed by atoms with E-state index in [4.69, 9.17) is 0 Å². The van der Waals surface area contributed by atoms with E-state index in [2.05, 4.69) is 4.72 Å². The van der Waals surface area contributed by atoms with E-state index in [0.717, 1.165) is 16.7 Å². The van der Waals surface area contributed by atoms with Crippen molar-refractivity contribution in [3.05, 3.63) is 58.7 Å². The van der Waals surface area contributed by atoms with Gasteiger partial charge in [-0.2, -0.15) is 0 Å². The van der Waals surface area contributed by atoms with Gasteiger partial charge in [-0.1, -0.05) is 23.8 Å². The van der Waals surface area contributed by atoms with Crippen LogP contribution in [-0.2, 0) is 26.0 Å². The first-order chi connectivity index (χ1) is 14.0. The largest absolute Gasteiger partial charge is 0.481 e. The van der Waals surface area contributed by atoms with Gasteiger partial charge in [0, 0.05) is 18.7 Å². The maximum atomic E-state index is 13.1. The van der Waals surface area contributed by atoms with E-state index in [9.17, 15) is 23.1 Å². The molecule has 0 radical (unpaired) electrons. The molecule has 2 N–H and O–H groups in total. The van der Waals surface area contributed by atoms with E-state index in [1.54, 1.807) is 23.1 Å². The third-order valence-electron chi connectivity index (χ3n) is 5.40. The monoisotopic (exact) mass is 430 g/mol. The fourth-order valence-electron chi connectivity index (χ4n) is 4.03. The summed E-state index contributed by atoms with van der Waals surface area (Å²) in [6, 6.07) is 9.27. The zero-order valence-corrected chi connectivity index (χ0v) is 18.3. The number of carboxylic acid groups (broad SMARTS) is 1. The Bertz CT molecular complexity index is 1110. The van der Waals surface area contributed by atoms with Gasteiger partial charge in [0.25, 0.3) is 0 Å². The van der Waals surface area contributed by atoms with E-state index in [-0.39, 0.29) is 23.3 Å². The second-order valence-corrected chi connectivity index (χ2v) is 9.58. The Balaban J connectivity index is 1.96. The molecule has 30 heavy (non-hydrogen) atoms. The van der Waals surface area contributed by atoms with Crippen molar-refractivity contribution in [2.45, 2.75) is 57.5 Å². The molecule has 1 aliphatic heterocycles. The minimum atomic E-state index is -3.98. The molecule has 160 valence electrons. The molecule has 0 fully saturated rings. The number of nitrogens with one attached hydrogen (secondary N) is 1. The normalized spacial score (nSPS) is 16.9. The van der Waals surface area contributed by atoms with Crippen molar-refractivity contribution < 1.29 is 23.1 Å². The van der Waals surface area contributed by atoms with Gasteiger partial charge in [-0.05, 0) is 62.1 Å². The van der Waals surface area contributed by atoms with Gasteiger partial charge in [-0.25, -0.2) is 13.1 Å². The van der Waals surface area contributed by atoms with Crippen LogP contribution in [0.5, 0.6) is 0 Å². The van der Waals surface area contributed by atoms with E-state index in [1.165, 1.54) is 13.0 Å². The van der Waals surface area contributed by atoms with Gasteiger partial charge >= 0.3 is 5.97 Å². The molecule has 1 amide bonds. The average molecular weight is 431 g/mol. The number of hydrogen-bond acceptors (Lipinski definition) is 4. The van der Waals surface area contributed by atoms with Crippen LogP contribution in [0.2, 0.25) is 0 Å². The third-order valence-corrected chi connectivity index (χ3v) is 6.87. The highest BCUT2D eigenvalue weighted by atomic mass is 32.2. The molecular formula is C22H26N2O5S. The maximum absolute atomic E-state index is 13.1. The molecule has 0 saturated heterocycles. The van der Waals surface area contributed by atoms with E-state index >= 15 is 0 Å². The van der Waals surface area contributed by atoms with Crippen molar-refractivity contribution in [1.82, 2.24) is 4.72 Å². The summed E-state index contributed by atoms with van der Waals surface area (Å²) in [5.74, 6) is -1.19. The topological polar surface area (TPSA) is 104 Å². The Labute approximate surface area is 176 Å². The van der Waals surface area contributed by atoms with Gasteiger partial charge < -0.3 is 10.0 Å². The minimum Gasteiger partial charge on any atom is -0.481 e. The SMILES string of the molecule is CC(=O)N1c2ccc(S(=O)(=O)NC(CC(=O)O)c3cc(C)ccc3C)cc2CC1C. The van der Waals surface area contributed by atoms with Crippen molar-refractivity contribution >= 4 is 27.6 Å². The third kappa shape index (κ3) is 4.39. The lowest BCUT2D eigenvalue weighted by atomic mass is 9.97. The number of benzene rings is 2. The van der Waals surface area contributed by atoms with Crippen LogP contribution in [0, 0.1) is 13.8 Å². The predicted molar refractivity (Wildman–Crippen MR) is 114 cm³/mol. The number of aliphatic carboxylic acids is 1. The number of sulfonamides is 1. The summed E-state index contributed by atoms with van der Waals surface area (Å²) in [4.78, 5) is 25.0. The first-order valence-electron chi connectivity index (χ1n) is 9.73. The molecule has 1 heterocycles. The molecule has 0 aliphatic carbocycles. The number of aryl methyl sites for hydroxylation is 2. The summed E-state index contributed by atoms with van der Waals surface area (Å²) in [5.41, 5.74) is 3.86. The number of amides is 1. The molecule has 2 atom stereocenters. The van der Waals surface area contributed by atoms with E-state index < -0.39 is 22.0 Å².